The molecule has 0 aromatic heterocycles. The van der Waals surface area contributed by atoms with Crippen LogP contribution in [-0.4, -0.2) is 39.6 Å². The number of nitrogens with one attached hydrogen (secondary N) is 1. The molecule has 0 spiro atoms. The van der Waals surface area contributed by atoms with Gasteiger partial charge in [-0.3, -0.25) is 0 Å². The molecule has 1 aliphatic heterocycles. The zero-order valence-electron chi connectivity index (χ0n) is 12.3. The van der Waals surface area contributed by atoms with E-state index in [1.165, 1.54) is 11.1 Å². The molecule has 21 heavy (non-hydrogen) atoms. The van der Waals surface area contributed by atoms with E-state index in [9.17, 15) is 4.79 Å². The maximum Gasteiger partial charge on any atom is 0.124 e. The van der Waals surface area contributed by atoms with Crippen LogP contribution in [0.2, 0.25) is 0 Å². The molecule has 110 valence electrons. The van der Waals surface area contributed by atoms with Crippen molar-refractivity contribution in [3.63, 3.8) is 0 Å². The third kappa shape index (κ3) is 2.85. The minimum atomic E-state index is 0.459. The highest BCUT2D eigenvalue weighted by molar-refractivity contribution is 5.96. The molecule has 1 saturated heterocycles. The molecule has 1 heterocycles. The number of hydrogen-bond acceptors (Lipinski definition) is 4. The van der Waals surface area contributed by atoms with E-state index in [2.05, 4.69) is 34.5 Å². The van der Waals surface area contributed by atoms with E-state index in [0.717, 1.165) is 49.2 Å². The van der Waals surface area contributed by atoms with Crippen molar-refractivity contribution in [3.05, 3.63) is 35.9 Å². The molecule has 4 nitrogen and oxygen atoms in total. The highest BCUT2D eigenvalue weighted by Gasteiger charge is 2.15. The lowest BCUT2D eigenvalue weighted by Crippen LogP contribution is -2.43. The standard InChI is InChI=1S/C17H20N2O2/c1-21-15-3-2-14-10-13(4-9-20)11-17(16(14)12-15)19-7-5-18-6-8-19/h2-3,9-12,18H,4-8H2,1H3. The molecule has 0 atom stereocenters. The third-order valence-electron chi connectivity index (χ3n) is 3.98. The van der Waals surface area contributed by atoms with Crippen LogP contribution >= 0.6 is 0 Å². The summed E-state index contributed by atoms with van der Waals surface area (Å²) >= 11 is 0. The van der Waals surface area contributed by atoms with Crippen molar-refractivity contribution in [1.29, 1.82) is 0 Å². The van der Waals surface area contributed by atoms with E-state index in [1.54, 1.807) is 7.11 Å². The number of benzene rings is 2. The second kappa shape index (κ2) is 6.14. The molecule has 0 saturated carbocycles. The number of fused-ring (bicyclic) bond motifs is 1. The van der Waals surface area contributed by atoms with Gasteiger partial charge in [-0.25, -0.2) is 0 Å². The van der Waals surface area contributed by atoms with Crippen LogP contribution in [-0.2, 0) is 11.2 Å². The highest BCUT2D eigenvalue weighted by Crippen LogP contribution is 2.32. The zero-order valence-corrected chi connectivity index (χ0v) is 12.3. The van der Waals surface area contributed by atoms with Gasteiger partial charge in [0.15, 0.2) is 0 Å². The number of ether oxygens (including phenoxy) is 1. The van der Waals surface area contributed by atoms with Gasteiger partial charge in [0, 0.05) is 43.7 Å². The molecule has 2 aromatic carbocycles. The van der Waals surface area contributed by atoms with Crippen LogP contribution in [0.1, 0.15) is 5.56 Å². The summed E-state index contributed by atoms with van der Waals surface area (Å²) in [6.07, 6.45) is 1.42. The van der Waals surface area contributed by atoms with Crippen molar-refractivity contribution in [2.45, 2.75) is 6.42 Å². The first-order valence-electron chi connectivity index (χ1n) is 7.32. The van der Waals surface area contributed by atoms with E-state index in [4.69, 9.17) is 4.74 Å². The van der Waals surface area contributed by atoms with E-state index in [-0.39, 0.29) is 0 Å². The fourth-order valence-corrected chi connectivity index (χ4v) is 2.89. The summed E-state index contributed by atoms with van der Waals surface area (Å²) in [5, 5.41) is 5.71. The first-order chi connectivity index (χ1) is 10.3. The normalized spacial score (nSPS) is 15.2. The highest BCUT2D eigenvalue weighted by atomic mass is 16.5. The second-order valence-corrected chi connectivity index (χ2v) is 5.31. The van der Waals surface area contributed by atoms with Crippen LogP contribution in [0.15, 0.2) is 30.3 Å². The predicted octanol–water partition coefficient (Wildman–Crippen LogP) is 2.00. The number of carbonyl (C=O) groups is 1. The van der Waals surface area contributed by atoms with Gasteiger partial charge in [0.1, 0.15) is 12.0 Å². The topological polar surface area (TPSA) is 41.6 Å². The van der Waals surface area contributed by atoms with Gasteiger partial charge in [-0.1, -0.05) is 12.1 Å². The Balaban J connectivity index is 2.13. The molecule has 1 N–H and O–H groups in total. The number of carbonyl (C=O) groups excluding carboxylic acids is 1. The molecule has 3 rings (SSSR count). The Morgan fingerprint density at radius 2 is 2.05 bits per heavy atom. The fraction of sp³-hybridized carbons (Fsp3) is 0.353. The first-order valence-corrected chi connectivity index (χ1v) is 7.32. The Morgan fingerprint density at radius 3 is 2.76 bits per heavy atom. The smallest absolute Gasteiger partial charge is 0.124 e. The number of aldehydes is 1. The predicted molar refractivity (Wildman–Crippen MR) is 85.4 cm³/mol. The molecular weight excluding hydrogens is 264 g/mol. The van der Waals surface area contributed by atoms with Crippen molar-refractivity contribution >= 4 is 22.7 Å². The number of nitrogens with zero attached hydrogens (tertiary/aromatic N) is 1. The van der Waals surface area contributed by atoms with Gasteiger partial charge in [-0.05, 0) is 29.1 Å². The summed E-state index contributed by atoms with van der Waals surface area (Å²) < 4.78 is 5.36. The number of rotatable bonds is 4. The SMILES string of the molecule is COc1ccc2cc(CC=O)cc(N3CCNCC3)c2c1. The quantitative estimate of drug-likeness (QED) is 0.872. The lowest BCUT2D eigenvalue weighted by molar-refractivity contribution is -0.107. The molecule has 1 aliphatic rings. The summed E-state index contributed by atoms with van der Waals surface area (Å²) in [6, 6.07) is 10.3. The number of piperazine rings is 1. The molecule has 1 fully saturated rings. The molecule has 0 radical (unpaired) electrons. The maximum atomic E-state index is 10.9. The third-order valence-corrected chi connectivity index (χ3v) is 3.98. The maximum absolute atomic E-state index is 10.9. The lowest BCUT2D eigenvalue weighted by atomic mass is 10.0. The van der Waals surface area contributed by atoms with Crippen LogP contribution in [0.4, 0.5) is 5.69 Å². The van der Waals surface area contributed by atoms with E-state index in [0.29, 0.717) is 6.42 Å². The number of hydrogen-bond donors (Lipinski definition) is 1. The lowest BCUT2D eigenvalue weighted by Gasteiger charge is -2.31. The molecule has 0 bridgehead atoms. The van der Waals surface area contributed by atoms with Gasteiger partial charge in [0.2, 0.25) is 0 Å². The summed E-state index contributed by atoms with van der Waals surface area (Å²) in [6.45, 7) is 3.94. The minimum Gasteiger partial charge on any atom is -0.497 e. The van der Waals surface area contributed by atoms with Crippen molar-refractivity contribution in [3.8, 4) is 5.75 Å². The van der Waals surface area contributed by atoms with Crippen molar-refractivity contribution in [2.75, 3.05) is 38.2 Å². The molecule has 0 unspecified atom stereocenters. The minimum absolute atomic E-state index is 0.459. The largest absolute Gasteiger partial charge is 0.497 e. The zero-order chi connectivity index (χ0) is 14.7. The van der Waals surface area contributed by atoms with Crippen molar-refractivity contribution < 1.29 is 9.53 Å². The molecule has 0 aliphatic carbocycles. The second-order valence-electron chi connectivity index (χ2n) is 5.31. The van der Waals surface area contributed by atoms with E-state index < -0.39 is 0 Å². The summed E-state index contributed by atoms with van der Waals surface area (Å²) in [5.41, 5.74) is 2.26. The van der Waals surface area contributed by atoms with Crippen molar-refractivity contribution in [1.82, 2.24) is 5.32 Å². The van der Waals surface area contributed by atoms with Crippen molar-refractivity contribution in [2.24, 2.45) is 0 Å². The average molecular weight is 284 g/mol. The van der Waals surface area contributed by atoms with Crippen LogP contribution in [0.5, 0.6) is 5.75 Å². The van der Waals surface area contributed by atoms with Gasteiger partial charge in [-0.2, -0.15) is 0 Å². The van der Waals surface area contributed by atoms with Gasteiger partial charge < -0.3 is 19.7 Å². The van der Waals surface area contributed by atoms with Crippen LogP contribution in [0.25, 0.3) is 10.8 Å². The summed E-state index contributed by atoms with van der Waals surface area (Å²) in [4.78, 5) is 13.2. The Hall–Kier alpha value is -2.07. The van der Waals surface area contributed by atoms with E-state index in [1.807, 2.05) is 6.07 Å². The molecule has 0 amide bonds. The van der Waals surface area contributed by atoms with Crippen LogP contribution < -0.4 is 15.0 Å². The average Bonchev–Trinajstić information content (AvgIpc) is 2.55. The Bertz CT molecular complexity index is 649. The van der Waals surface area contributed by atoms with Gasteiger partial charge >= 0.3 is 0 Å². The fourth-order valence-electron chi connectivity index (χ4n) is 2.89. The number of anilines is 1. The monoisotopic (exact) mass is 284 g/mol. The van der Waals surface area contributed by atoms with Crippen LogP contribution in [0.3, 0.4) is 0 Å². The van der Waals surface area contributed by atoms with Crippen LogP contribution in [0, 0.1) is 0 Å². The Kier molecular flexibility index (Phi) is 4.06. The molecule has 2 aromatic rings. The Morgan fingerprint density at radius 1 is 1.24 bits per heavy atom. The van der Waals surface area contributed by atoms with Gasteiger partial charge in [0.05, 0.1) is 7.11 Å². The molecule has 4 heteroatoms. The van der Waals surface area contributed by atoms with E-state index >= 15 is 0 Å². The van der Waals surface area contributed by atoms with Gasteiger partial charge in [0.25, 0.3) is 0 Å². The Labute approximate surface area is 124 Å². The summed E-state index contributed by atoms with van der Waals surface area (Å²) in [5.74, 6) is 0.863. The summed E-state index contributed by atoms with van der Waals surface area (Å²) in [7, 11) is 1.69. The number of methoxy groups -OCH3 is 1. The van der Waals surface area contributed by atoms with Gasteiger partial charge in [-0.15, -0.1) is 0 Å². The molecular formula is C17H20N2O2. The first kappa shape index (κ1) is 13.9.